The van der Waals surface area contributed by atoms with Crippen LogP contribution >= 0.6 is 15.9 Å². The van der Waals surface area contributed by atoms with E-state index in [0.29, 0.717) is 4.47 Å². The first-order valence-corrected chi connectivity index (χ1v) is 6.29. The second-order valence-corrected chi connectivity index (χ2v) is 5.19. The number of hydrogen-bond acceptors (Lipinski definition) is 2. The van der Waals surface area contributed by atoms with Gasteiger partial charge in [-0.05, 0) is 24.1 Å². The summed E-state index contributed by atoms with van der Waals surface area (Å²) in [5.41, 5.74) is 1.18. The molecule has 3 N–H and O–H groups in total. The highest BCUT2D eigenvalue weighted by Gasteiger charge is 2.60. The predicted molar refractivity (Wildman–Crippen MR) is 64.5 cm³/mol. The average Bonchev–Trinajstić information content (AvgIpc) is 2.27. The second kappa shape index (κ2) is 6.49. The Kier molecular flexibility index (Phi) is 5.62. The molecule has 2 nitrogen and oxygen atoms in total. The zero-order chi connectivity index (χ0) is 16.4. The monoisotopic (exact) mass is 382 g/mol. The minimum absolute atomic E-state index is 0.306. The van der Waals surface area contributed by atoms with Gasteiger partial charge in [0.1, 0.15) is 5.82 Å². The smallest absolute Gasteiger partial charge is 0.271 e. The van der Waals surface area contributed by atoms with Gasteiger partial charge in [-0.1, -0.05) is 22.0 Å². The minimum Gasteiger partial charge on any atom is -0.271 e. The van der Waals surface area contributed by atoms with Gasteiger partial charge in [0.15, 0.2) is 5.92 Å². The van der Waals surface area contributed by atoms with E-state index in [2.05, 4.69) is 15.9 Å². The zero-order valence-corrected chi connectivity index (χ0v) is 11.8. The third-order valence-electron chi connectivity index (χ3n) is 2.78. The molecule has 1 atom stereocenters. The van der Waals surface area contributed by atoms with E-state index in [4.69, 9.17) is 5.84 Å². The fourth-order valence-electron chi connectivity index (χ4n) is 1.84. The predicted octanol–water partition coefficient (Wildman–Crippen LogP) is 3.70. The first-order chi connectivity index (χ1) is 9.46. The van der Waals surface area contributed by atoms with Gasteiger partial charge in [0.2, 0.25) is 0 Å². The summed E-state index contributed by atoms with van der Waals surface area (Å²) in [6, 6.07) is 1.11. The molecule has 0 aliphatic carbocycles. The standard InChI is InChI=1S/C11H10BrF7N2/c12-6-2-1-5(7(13)4-6)3-8(21-20)9(10(14,15)16)11(17,18)19/h1-2,4,8-9,21H,3,20H2. The molecule has 0 heterocycles. The Bertz CT molecular complexity index is 472. The fourth-order valence-corrected chi connectivity index (χ4v) is 2.17. The van der Waals surface area contributed by atoms with Crippen LogP contribution < -0.4 is 11.3 Å². The van der Waals surface area contributed by atoms with Crippen molar-refractivity contribution in [3.05, 3.63) is 34.1 Å². The first kappa shape index (κ1) is 18.2. The number of benzene rings is 1. The van der Waals surface area contributed by atoms with Crippen LogP contribution in [0.1, 0.15) is 5.56 Å². The highest BCUT2D eigenvalue weighted by atomic mass is 79.9. The lowest BCUT2D eigenvalue weighted by Crippen LogP contribution is -2.54. The SMILES string of the molecule is NNC(Cc1ccc(Br)cc1F)C(C(F)(F)F)C(F)(F)F. The van der Waals surface area contributed by atoms with Gasteiger partial charge in [-0.3, -0.25) is 11.3 Å². The number of rotatable bonds is 4. The van der Waals surface area contributed by atoms with E-state index < -0.39 is 36.6 Å². The third kappa shape index (κ3) is 4.82. The summed E-state index contributed by atoms with van der Waals surface area (Å²) in [6.45, 7) is 0. The van der Waals surface area contributed by atoms with E-state index in [1.807, 2.05) is 0 Å². The molecule has 0 radical (unpaired) electrons. The Morgan fingerprint density at radius 2 is 1.62 bits per heavy atom. The maximum Gasteiger partial charge on any atom is 0.402 e. The van der Waals surface area contributed by atoms with Crippen LogP contribution in [0.15, 0.2) is 22.7 Å². The molecule has 10 heteroatoms. The third-order valence-corrected chi connectivity index (χ3v) is 3.27. The lowest BCUT2D eigenvalue weighted by molar-refractivity contribution is -0.291. The molecule has 0 aliphatic rings. The summed E-state index contributed by atoms with van der Waals surface area (Å²) in [6.07, 6.45) is -12.0. The maximum atomic E-state index is 13.5. The summed E-state index contributed by atoms with van der Waals surface area (Å²) in [7, 11) is 0. The molecule has 1 rings (SSSR count). The van der Waals surface area contributed by atoms with E-state index >= 15 is 0 Å². The lowest BCUT2D eigenvalue weighted by Gasteiger charge is -2.30. The van der Waals surface area contributed by atoms with Crippen molar-refractivity contribution in [3.63, 3.8) is 0 Å². The molecule has 0 aromatic heterocycles. The van der Waals surface area contributed by atoms with E-state index in [0.717, 1.165) is 12.1 Å². The van der Waals surface area contributed by atoms with Crippen molar-refractivity contribution < 1.29 is 30.7 Å². The van der Waals surface area contributed by atoms with Gasteiger partial charge >= 0.3 is 12.4 Å². The summed E-state index contributed by atoms with van der Waals surface area (Å²) in [5, 5.41) is 0. The van der Waals surface area contributed by atoms with Crippen molar-refractivity contribution in [2.24, 2.45) is 11.8 Å². The van der Waals surface area contributed by atoms with Crippen LogP contribution in [-0.2, 0) is 6.42 Å². The molecule has 0 amide bonds. The topological polar surface area (TPSA) is 38.0 Å². The van der Waals surface area contributed by atoms with E-state index in [-0.39, 0.29) is 5.56 Å². The number of nitrogens with two attached hydrogens (primary N) is 1. The summed E-state index contributed by atoms with van der Waals surface area (Å²) in [4.78, 5) is 0. The van der Waals surface area contributed by atoms with Crippen LogP contribution in [0.5, 0.6) is 0 Å². The molecule has 0 saturated carbocycles. The van der Waals surface area contributed by atoms with E-state index in [1.165, 1.54) is 11.5 Å². The largest absolute Gasteiger partial charge is 0.402 e. The fraction of sp³-hybridized carbons (Fsp3) is 0.455. The Hall–Kier alpha value is -0.870. The van der Waals surface area contributed by atoms with Gasteiger partial charge in [0.25, 0.3) is 0 Å². The molecule has 0 spiro atoms. The van der Waals surface area contributed by atoms with Gasteiger partial charge in [0.05, 0.1) is 0 Å². The maximum absolute atomic E-state index is 13.5. The van der Waals surface area contributed by atoms with Crippen molar-refractivity contribution in [2.75, 3.05) is 0 Å². The van der Waals surface area contributed by atoms with Gasteiger partial charge in [-0.25, -0.2) is 4.39 Å². The molecule has 0 aliphatic heterocycles. The highest BCUT2D eigenvalue weighted by molar-refractivity contribution is 9.10. The van der Waals surface area contributed by atoms with Crippen LogP contribution in [-0.4, -0.2) is 18.4 Å². The van der Waals surface area contributed by atoms with E-state index in [9.17, 15) is 30.7 Å². The number of hydrogen-bond donors (Lipinski definition) is 2. The molecule has 0 fully saturated rings. The molecule has 1 aromatic rings. The number of hydrazine groups is 1. The van der Waals surface area contributed by atoms with Crippen molar-refractivity contribution in [1.29, 1.82) is 0 Å². The number of nitrogens with one attached hydrogen (secondary N) is 1. The van der Waals surface area contributed by atoms with Gasteiger partial charge in [0, 0.05) is 10.5 Å². The van der Waals surface area contributed by atoms with Crippen LogP contribution in [0.4, 0.5) is 30.7 Å². The summed E-state index contributed by atoms with van der Waals surface area (Å²) >= 11 is 2.93. The zero-order valence-electron chi connectivity index (χ0n) is 10.2. The molecule has 0 saturated heterocycles. The van der Waals surface area contributed by atoms with Crippen LogP contribution in [0, 0.1) is 11.7 Å². The molecule has 1 unspecified atom stereocenters. The van der Waals surface area contributed by atoms with Crippen LogP contribution in [0.25, 0.3) is 0 Å². The van der Waals surface area contributed by atoms with E-state index in [1.54, 1.807) is 0 Å². The average molecular weight is 383 g/mol. The van der Waals surface area contributed by atoms with Crippen molar-refractivity contribution in [1.82, 2.24) is 5.43 Å². The molecule has 1 aromatic carbocycles. The number of halogens is 8. The minimum atomic E-state index is -5.55. The second-order valence-electron chi connectivity index (χ2n) is 4.27. The van der Waals surface area contributed by atoms with Gasteiger partial charge in [-0.2, -0.15) is 26.3 Å². The Morgan fingerprint density at radius 3 is 2.00 bits per heavy atom. The van der Waals surface area contributed by atoms with Crippen LogP contribution in [0.3, 0.4) is 0 Å². The normalized spacial score (nSPS) is 14.6. The summed E-state index contributed by atoms with van der Waals surface area (Å²) < 4.78 is 89.5. The Balaban J connectivity index is 3.10. The molecular weight excluding hydrogens is 373 g/mol. The highest BCUT2D eigenvalue weighted by Crippen LogP contribution is 2.42. The van der Waals surface area contributed by atoms with Crippen molar-refractivity contribution >= 4 is 15.9 Å². The Morgan fingerprint density at radius 1 is 1.10 bits per heavy atom. The van der Waals surface area contributed by atoms with Gasteiger partial charge < -0.3 is 0 Å². The quantitative estimate of drug-likeness (QED) is 0.473. The van der Waals surface area contributed by atoms with Gasteiger partial charge in [-0.15, -0.1) is 0 Å². The molecule has 120 valence electrons. The first-order valence-electron chi connectivity index (χ1n) is 5.50. The van der Waals surface area contributed by atoms with Crippen molar-refractivity contribution in [2.45, 2.75) is 24.8 Å². The summed E-state index contributed by atoms with van der Waals surface area (Å²) in [5.74, 6) is 0.193. The molecular formula is C11H10BrF7N2. The van der Waals surface area contributed by atoms with Crippen molar-refractivity contribution in [3.8, 4) is 0 Å². The molecule has 21 heavy (non-hydrogen) atoms. The van der Waals surface area contributed by atoms with Crippen LogP contribution in [0.2, 0.25) is 0 Å². The number of alkyl halides is 6. The molecule has 0 bridgehead atoms. The Labute approximate surface area is 123 Å². The lowest BCUT2D eigenvalue weighted by atomic mass is 9.92.